The van der Waals surface area contributed by atoms with Crippen molar-refractivity contribution in [1.29, 1.82) is 0 Å². The SMILES string of the molecule is C[C@H]1CCc2c(N3CCC(OC(=O)[C@@H](N)Cc4c[nH]cn4)CC3)c(F)cc3c(=O)c(C(=O)O)cn1c23. The summed E-state index contributed by atoms with van der Waals surface area (Å²) in [5.41, 5.74) is 7.37. The van der Waals surface area contributed by atoms with E-state index in [-0.39, 0.29) is 29.5 Å². The summed E-state index contributed by atoms with van der Waals surface area (Å²) in [5, 5.41) is 9.56. The van der Waals surface area contributed by atoms with Gasteiger partial charge < -0.3 is 30.0 Å². The number of aromatic carboxylic acids is 1. The molecule has 2 aliphatic heterocycles. The third-order valence-corrected chi connectivity index (χ3v) is 7.18. The molecular weight excluding hydrogens is 469 g/mol. The van der Waals surface area contributed by atoms with E-state index in [4.69, 9.17) is 10.5 Å². The van der Waals surface area contributed by atoms with Crippen LogP contribution in [0.25, 0.3) is 10.9 Å². The number of rotatable bonds is 6. The van der Waals surface area contributed by atoms with Crippen LogP contribution in [0, 0.1) is 5.82 Å². The van der Waals surface area contributed by atoms with Crippen molar-refractivity contribution in [3.05, 3.63) is 57.6 Å². The van der Waals surface area contributed by atoms with Crippen molar-refractivity contribution in [1.82, 2.24) is 14.5 Å². The van der Waals surface area contributed by atoms with E-state index in [0.29, 0.717) is 61.2 Å². The van der Waals surface area contributed by atoms with Crippen LogP contribution in [0.3, 0.4) is 0 Å². The van der Waals surface area contributed by atoms with E-state index in [1.807, 2.05) is 11.8 Å². The Labute approximate surface area is 205 Å². The maximum Gasteiger partial charge on any atom is 0.341 e. The number of nitrogens with zero attached hydrogens (tertiary/aromatic N) is 3. The number of nitrogens with two attached hydrogens (primary N) is 1. The van der Waals surface area contributed by atoms with Crippen molar-refractivity contribution in [3.63, 3.8) is 0 Å². The molecular formula is C25H28FN5O5. The molecule has 1 fully saturated rings. The van der Waals surface area contributed by atoms with Crippen LogP contribution in [0.4, 0.5) is 10.1 Å². The zero-order valence-electron chi connectivity index (χ0n) is 19.9. The molecule has 10 nitrogen and oxygen atoms in total. The number of benzene rings is 1. The Hall–Kier alpha value is -3.73. The third-order valence-electron chi connectivity index (χ3n) is 7.18. The Morgan fingerprint density at radius 2 is 2.08 bits per heavy atom. The van der Waals surface area contributed by atoms with Gasteiger partial charge in [0.25, 0.3) is 0 Å². The predicted molar refractivity (Wildman–Crippen MR) is 130 cm³/mol. The number of pyridine rings is 1. The molecule has 0 unspecified atom stereocenters. The first-order chi connectivity index (χ1) is 17.2. The molecule has 0 spiro atoms. The molecule has 0 radical (unpaired) electrons. The van der Waals surface area contributed by atoms with Crippen LogP contribution in [-0.4, -0.2) is 56.8 Å². The van der Waals surface area contributed by atoms with E-state index in [0.717, 1.165) is 6.07 Å². The molecule has 5 rings (SSSR count). The second-order valence-corrected chi connectivity index (χ2v) is 9.55. The highest BCUT2D eigenvalue weighted by Gasteiger charge is 2.31. The number of piperidine rings is 1. The number of ether oxygens (including phenoxy) is 1. The van der Waals surface area contributed by atoms with Crippen LogP contribution in [0.5, 0.6) is 0 Å². The van der Waals surface area contributed by atoms with Crippen LogP contribution in [0.2, 0.25) is 0 Å². The zero-order chi connectivity index (χ0) is 25.6. The van der Waals surface area contributed by atoms with Crippen LogP contribution in [-0.2, 0) is 22.4 Å². The molecule has 0 amide bonds. The average Bonchev–Trinajstić information content (AvgIpc) is 3.36. The molecule has 0 bridgehead atoms. The normalized spacial score (nSPS) is 18.9. The van der Waals surface area contributed by atoms with Gasteiger partial charge in [-0.25, -0.2) is 14.2 Å². The van der Waals surface area contributed by atoms with Gasteiger partial charge in [-0.3, -0.25) is 9.59 Å². The van der Waals surface area contributed by atoms with Crippen molar-refractivity contribution < 1.29 is 23.8 Å². The largest absolute Gasteiger partial charge is 0.477 e. The Kier molecular flexibility index (Phi) is 6.25. The standard InChI is InChI=1S/C25H28FN5O5/c1-13-2-3-16-21-17(23(32)18(24(33)34)11-31(13)21)9-19(26)22(16)30-6-4-15(5-7-30)36-25(35)20(27)8-14-10-28-12-29-14/h9-13,15,20H,2-8,27H2,1H3,(H,28,29)(H,33,34)/t13-,20-/m0/s1. The number of halogens is 1. The van der Waals surface area contributed by atoms with Gasteiger partial charge in [-0.1, -0.05) is 0 Å². The molecule has 3 aromatic rings. The fourth-order valence-corrected chi connectivity index (χ4v) is 5.29. The topological polar surface area (TPSA) is 144 Å². The fraction of sp³-hybridized carbons (Fsp3) is 0.440. The number of hydrogen-bond donors (Lipinski definition) is 3. The van der Waals surface area contributed by atoms with Crippen molar-refractivity contribution in [3.8, 4) is 0 Å². The number of aromatic nitrogens is 3. The molecule has 2 aromatic heterocycles. The van der Waals surface area contributed by atoms with Crippen LogP contribution in [0.15, 0.2) is 29.6 Å². The lowest BCUT2D eigenvalue weighted by molar-refractivity contribution is -0.151. The quantitative estimate of drug-likeness (QED) is 0.440. The highest BCUT2D eigenvalue weighted by atomic mass is 19.1. The molecule has 11 heteroatoms. The monoisotopic (exact) mass is 497 g/mol. The number of carbonyl (C=O) groups is 2. The van der Waals surface area contributed by atoms with Gasteiger partial charge in [-0.05, 0) is 25.8 Å². The molecule has 0 saturated carbocycles. The van der Waals surface area contributed by atoms with Crippen LogP contribution >= 0.6 is 0 Å². The van der Waals surface area contributed by atoms with Crippen LogP contribution < -0.4 is 16.1 Å². The number of nitrogens with one attached hydrogen (secondary N) is 1. The first kappa shape index (κ1) is 24.0. The van der Waals surface area contributed by atoms with E-state index in [1.165, 1.54) is 12.5 Å². The van der Waals surface area contributed by atoms with Crippen molar-refractivity contribution >= 4 is 28.5 Å². The Morgan fingerprint density at radius 3 is 2.75 bits per heavy atom. The second-order valence-electron chi connectivity index (χ2n) is 9.55. The molecule has 1 saturated heterocycles. The summed E-state index contributed by atoms with van der Waals surface area (Å²) in [4.78, 5) is 45.7. The molecule has 2 aliphatic rings. The van der Waals surface area contributed by atoms with E-state index in [2.05, 4.69) is 9.97 Å². The smallest absolute Gasteiger partial charge is 0.341 e. The molecule has 1 aromatic carbocycles. The summed E-state index contributed by atoms with van der Waals surface area (Å²) in [7, 11) is 0. The van der Waals surface area contributed by atoms with Crippen molar-refractivity contribution in [2.24, 2.45) is 5.73 Å². The number of H-pyrrole nitrogens is 1. The van der Waals surface area contributed by atoms with Crippen molar-refractivity contribution in [2.75, 3.05) is 18.0 Å². The molecule has 4 heterocycles. The highest BCUT2D eigenvalue weighted by molar-refractivity contribution is 5.95. The second kappa shape index (κ2) is 9.38. The van der Waals surface area contributed by atoms with E-state index >= 15 is 4.39 Å². The minimum Gasteiger partial charge on any atom is -0.477 e. The summed E-state index contributed by atoms with van der Waals surface area (Å²) < 4.78 is 22.9. The maximum absolute atomic E-state index is 15.5. The number of hydrogen-bond acceptors (Lipinski definition) is 7. The summed E-state index contributed by atoms with van der Waals surface area (Å²) in [6.07, 6.45) is 6.83. The van der Waals surface area contributed by atoms with Gasteiger partial charge in [0, 0.05) is 61.7 Å². The van der Waals surface area contributed by atoms with Crippen molar-refractivity contribution in [2.45, 2.75) is 57.2 Å². The summed E-state index contributed by atoms with van der Waals surface area (Å²) in [6.45, 7) is 2.89. The van der Waals surface area contributed by atoms with Gasteiger partial charge in [-0.15, -0.1) is 0 Å². The average molecular weight is 498 g/mol. The lowest BCUT2D eigenvalue weighted by Gasteiger charge is -2.37. The lowest BCUT2D eigenvalue weighted by Crippen LogP contribution is -2.42. The first-order valence-electron chi connectivity index (χ1n) is 12.1. The number of aryl methyl sites for hydroxylation is 1. The predicted octanol–water partition coefficient (Wildman–Crippen LogP) is 2.15. The first-order valence-corrected chi connectivity index (χ1v) is 12.1. The molecule has 190 valence electrons. The number of carbonyl (C=O) groups excluding carboxylic acids is 1. The Bertz CT molecular complexity index is 1380. The summed E-state index contributed by atoms with van der Waals surface area (Å²) in [5.74, 6) is -2.36. The molecule has 4 N–H and O–H groups in total. The van der Waals surface area contributed by atoms with E-state index in [1.54, 1.807) is 10.8 Å². The third kappa shape index (κ3) is 4.23. The van der Waals surface area contributed by atoms with Gasteiger partial charge in [0.05, 0.1) is 23.2 Å². The number of carboxylic acid groups (broad SMARTS) is 1. The fourth-order valence-electron chi connectivity index (χ4n) is 5.29. The number of anilines is 1. The Balaban J connectivity index is 1.36. The van der Waals surface area contributed by atoms with Gasteiger partial charge in [0.2, 0.25) is 5.43 Å². The van der Waals surface area contributed by atoms with E-state index in [9.17, 15) is 19.5 Å². The van der Waals surface area contributed by atoms with Gasteiger partial charge >= 0.3 is 11.9 Å². The number of esters is 1. The highest BCUT2D eigenvalue weighted by Crippen LogP contribution is 2.39. The number of carboxylic acids is 1. The minimum atomic E-state index is -1.32. The number of aromatic amines is 1. The molecule has 0 aliphatic carbocycles. The molecule has 36 heavy (non-hydrogen) atoms. The minimum absolute atomic E-state index is 0.0205. The van der Waals surface area contributed by atoms with Gasteiger partial charge in [0.1, 0.15) is 23.5 Å². The molecule has 2 atom stereocenters. The summed E-state index contributed by atoms with van der Waals surface area (Å²) >= 11 is 0. The van der Waals surface area contributed by atoms with E-state index < -0.39 is 29.2 Å². The number of imidazole rings is 1. The lowest BCUT2D eigenvalue weighted by atomic mass is 9.93. The Morgan fingerprint density at radius 1 is 1.33 bits per heavy atom. The van der Waals surface area contributed by atoms with Crippen LogP contribution in [0.1, 0.15) is 53.8 Å². The summed E-state index contributed by atoms with van der Waals surface area (Å²) in [6, 6.07) is 0.327. The zero-order valence-corrected chi connectivity index (χ0v) is 19.9. The maximum atomic E-state index is 15.5. The van der Waals surface area contributed by atoms with Gasteiger partial charge in [-0.2, -0.15) is 0 Å². The van der Waals surface area contributed by atoms with Gasteiger partial charge in [0.15, 0.2) is 0 Å².